The lowest BCUT2D eigenvalue weighted by molar-refractivity contribution is 0.543. The van der Waals surface area contributed by atoms with Gasteiger partial charge in [0, 0.05) is 31.7 Å². The normalized spacial score (nSPS) is 20.3. The third kappa shape index (κ3) is 2.07. The minimum atomic E-state index is 0.963. The van der Waals surface area contributed by atoms with E-state index < -0.39 is 0 Å². The molecule has 1 aliphatic heterocycles. The molecule has 0 aromatic carbocycles. The van der Waals surface area contributed by atoms with Crippen LogP contribution in [-0.4, -0.2) is 16.1 Å². The highest BCUT2D eigenvalue weighted by molar-refractivity contribution is 5.16. The Morgan fingerprint density at radius 2 is 2.40 bits per heavy atom. The van der Waals surface area contributed by atoms with Crippen LogP contribution in [0.2, 0.25) is 0 Å². The molecule has 0 bridgehead atoms. The first kappa shape index (κ1) is 9.40. The number of aromatic nitrogens is 2. The number of hydrogen-bond donors (Lipinski definition) is 1. The van der Waals surface area contributed by atoms with Crippen molar-refractivity contribution in [2.24, 2.45) is 5.92 Å². The summed E-state index contributed by atoms with van der Waals surface area (Å²) in [7, 11) is 0. The zero-order valence-electron chi connectivity index (χ0n) is 9.21. The maximum absolute atomic E-state index is 4.47. The summed E-state index contributed by atoms with van der Waals surface area (Å²) in [4.78, 5) is 4.47. The second-order valence-corrected chi connectivity index (χ2v) is 4.84. The molecular weight excluding hydrogens is 186 g/mol. The fourth-order valence-corrected chi connectivity index (χ4v) is 2.45. The molecule has 15 heavy (non-hydrogen) atoms. The third-order valence-electron chi connectivity index (χ3n) is 3.57. The van der Waals surface area contributed by atoms with Crippen molar-refractivity contribution in [1.82, 2.24) is 14.9 Å². The summed E-state index contributed by atoms with van der Waals surface area (Å²) in [5.41, 5.74) is 2.75. The van der Waals surface area contributed by atoms with Crippen molar-refractivity contribution in [1.29, 1.82) is 0 Å². The summed E-state index contributed by atoms with van der Waals surface area (Å²) in [5, 5.41) is 3.36. The summed E-state index contributed by atoms with van der Waals surface area (Å²) in [5.74, 6) is 1.06. The van der Waals surface area contributed by atoms with Crippen LogP contribution in [0, 0.1) is 5.92 Å². The van der Waals surface area contributed by atoms with Crippen molar-refractivity contribution in [2.75, 3.05) is 6.54 Å². The van der Waals surface area contributed by atoms with Crippen LogP contribution < -0.4 is 5.32 Å². The van der Waals surface area contributed by atoms with Gasteiger partial charge in [-0.05, 0) is 18.8 Å². The highest BCUT2D eigenvalue weighted by Crippen LogP contribution is 2.33. The Balaban J connectivity index is 1.60. The van der Waals surface area contributed by atoms with Crippen LogP contribution in [0.1, 0.15) is 37.1 Å². The molecule has 0 unspecified atom stereocenters. The van der Waals surface area contributed by atoms with Gasteiger partial charge in [0.1, 0.15) is 0 Å². The van der Waals surface area contributed by atoms with Crippen LogP contribution in [0.5, 0.6) is 0 Å². The lowest BCUT2D eigenvalue weighted by Gasteiger charge is -2.15. The van der Waals surface area contributed by atoms with E-state index in [2.05, 4.69) is 14.9 Å². The van der Waals surface area contributed by atoms with Gasteiger partial charge in [0.2, 0.25) is 0 Å². The highest BCUT2D eigenvalue weighted by Gasteiger charge is 2.20. The van der Waals surface area contributed by atoms with Crippen LogP contribution in [0.3, 0.4) is 0 Å². The summed E-state index contributed by atoms with van der Waals surface area (Å²) >= 11 is 0. The molecule has 82 valence electrons. The van der Waals surface area contributed by atoms with Gasteiger partial charge in [0.25, 0.3) is 0 Å². The molecule has 2 aliphatic rings. The molecule has 0 spiro atoms. The quantitative estimate of drug-likeness (QED) is 0.811. The van der Waals surface area contributed by atoms with Crippen molar-refractivity contribution >= 4 is 0 Å². The van der Waals surface area contributed by atoms with Crippen molar-refractivity contribution < 1.29 is 0 Å². The van der Waals surface area contributed by atoms with E-state index in [9.17, 15) is 0 Å². The summed E-state index contributed by atoms with van der Waals surface area (Å²) in [6.07, 6.45) is 8.90. The molecule has 1 aliphatic carbocycles. The Hall–Kier alpha value is -0.830. The average Bonchev–Trinajstić information content (AvgIpc) is 3.00. The van der Waals surface area contributed by atoms with Crippen molar-refractivity contribution in [3.63, 3.8) is 0 Å². The molecule has 0 radical (unpaired) electrons. The second-order valence-electron chi connectivity index (χ2n) is 4.84. The van der Waals surface area contributed by atoms with Gasteiger partial charge in [0.15, 0.2) is 0 Å². The molecule has 3 rings (SSSR count). The van der Waals surface area contributed by atoms with Gasteiger partial charge < -0.3 is 9.88 Å². The van der Waals surface area contributed by atoms with Crippen LogP contribution in [0.25, 0.3) is 0 Å². The van der Waals surface area contributed by atoms with Gasteiger partial charge in [-0.25, -0.2) is 4.98 Å². The number of nitrogens with zero attached hydrogens (tertiary/aromatic N) is 2. The van der Waals surface area contributed by atoms with Crippen molar-refractivity contribution in [2.45, 2.75) is 45.2 Å². The molecular formula is C12H19N3. The molecule has 1 fully saturated rings. The van der Waals surface area contributed by atoms with Gasteiger partial charge in [0.05, 0.1) is 12.0 Å². The van der Waals surface area contributed by atoms with E-state index in [-0.39, 0.29) is 0 Å². The predicted molar refractivity (Wildman–Crippen MR) is 59.6 cm³/mol. The van der Waals surface area contributed by atoms with Gasteiger partial charge >= 0.3 is 0 Å². The molecule has 1 aromatic heterocycles. The predicted octanol–water partition coefficient (Wildman–Crippen LogP) is 1.72. The van der Waals surface area contributed by atoms with Crippen molar-refractivity contribution in [3.8, 4) is 0 Å². The number of rotatable bonds is 4. The van der Waals surface area contributed by atoms with Gasteiger partial charge in [-0.15, -0.1) is 0 Å². The summed E-state index contributed by atoms with van der Waals surface area (Å²) < 4.78 is 2.37. The SMILES string of the molecule is c1nc2c(n1CCCC1CC1)CCNC2. The fourth-order valence-electron chi connectivity index (χ4n) is 2.45. The maximum Gasteiger partial charge on any atom is 0.0952 e. The molecule has 0 saturated heterocycles. The molecule has 3 nitrogen and oxygen atoms in total. The minimum Gasteiger partial charge on any atom is -0.334 e. The Morgan fingerprint density at radius 1 is 1.47 bits per heavy atom. The van der Waals surface area contributed by atoms with E-state index in [1.54, 1.807) is 0 Å². The van der Waals surface area contributed by atoms with Crippen LogP contribution in [0.15, 0.2) is 6.33 Å². The number of fused-ring (bicyclic) bond motifs is 1. The van der Waals surface area contributed by atoms with E-state index in [1.807, 2.05) is 6.33 Å². The van der Waals surface area contributed by atoms with Crippen LogP contribution in [-0.2, 0) is 19.5 Å². The molecule has 3 heteroatoms. The minimum absolute atomic E-state index is 0.963. The van der Waals surface area contributed by atoms with E-state index >= 15 is 0 Å². The average molecular weight is 205 g/mol. The van der Waals surface area contributed by atoms with E-state index in [0.29, 0.717) is 0 Å². The van der Waals surface area contributed by atoms with Gasteiger partial charge in [-0.3, -0.25) is 0 Å². The Kier molecular flexibility index (Phi) is 2.49. The van der Waals surface area contributed by atoms with E-state index in [4.69, 9.17) is 0 Å². The van der Waals surface area contributed by atoms with E-state index in [1.165, 1.54) is 43.6 Å². The molecule has 2 heterocycles. The monoisotopic (exact) mass is 205 g/mol. The van der Waals surface area contributed by atoms with E-state index in [0.717, 1.165) is 25.4 Å². The van der Waals surface area contributed by atoms with Crippen molar-refractivity contribution in [3.05, 3.63) is 17.7 Å². The Labute approximate surface area is 90.9 Å². The zero-order chi connectivity index (χ0) is 10.1. The number of hydrogen-bond acceptors (Lipinski definition) is 2. The lowest BCUT2D eigenvalue weighted by Crippen LogP contribution is -2.25. The molecule has 1 N–H and O–H groups in total. The first-order valence-corrected chi connectivity index (χ1v) is 6.17. The fraction of sp³-hybridized carbons (Fsp3) is 0.750. The summed E-state index contributed by atoms with van der Waals surface area (Å²) in [6.45, 7) is 3.26. The first-order valence-electron chi connectivity index (χ1n) is 6.17. The number of aryl methyl sites for hydroxylation is 1. The highest BCUT2D eigenvalue weighted by atomic mass is 15.1. The molecule has 1 aromatic rings. The molecule has 1 saturated carbocycles. The molecule has 0 amide bonds. The smallest absolute Gasteiger partial charge is 0.0952 e. The standard InChI is InChI=1S/C12H19N3/c1(2-10-3-4-10)7-15-9-14-11-8-13-6-5-12(11)15/h9-10,13H,1-8H2. The Bertz CT molecular complexity index is 339. The Morgan fingerprint density at radius 3 is 3.27 bits per heavy atom. The zero-order valence-corrected chi connectivity index (χ0v) is 9.21. The molecule has 0 atom stereocenters. The summed E-state index contributed by atoms with van der Waals surface area (Å²) in [6, 6.07) is 0. The first-order chi connectivity index (χ1) is 7.43. The number of nitrogens with one attached hydrogen (secondary N) is 1. The topological polar surface area (TPSA) is 29.9 Å². The van der Waals surface area contributed by atoms with Gasteiger partial charge in [-0.1, -0.05) is 12.8 Å². The van der Waals surface area contributed by atoms with Crippen LogP contribution in [0.4, 0.5) is 0 Å². The van der Waals surface area contributed by atoms with Crippen LogP contribution >= 0.6 is 0 Å². The van der Waals surface area contributed by atoms with Gasteiger partial charge in [-0.2, -0.15) is 0 Å². The maximum atomic E-state index is 4.47. The third-order valence-corrected chi connectivity index (χ3v) is 3.57. The number of imidazole rings is 1. The lowest BCUT2D eigenvalue weighted by atomic mass is 10.1. The largest absolute Gasteiger partial charge is 0.334 e. The second kappa shape index (κ2) is 3.97.